The highest BCUT2D eigenvalue weighted by Crippen LogP contribution is 2.24. The van der Waals surface area contributed by atoms with Crippen LogP contribution in [0.2, 0.25) is 0 Å². The van der Waals surface area contributed by atoms with E-state index in [0.29, 0.717) is 32.6 Å². The van der Waals surface area contributed by atoms with Crippen LogP contribution in [0.5, 0.6) is 0 Å². The van der Waals surface area contributed by atoms with E-state index >= 15 is 0 Å². The van der Waals surface area contributed by atoms with Gasteiger partial charge in [-0.1, -0.05) is 20.8 Å². The molecule has 0 aromatic heterocycles. The molecule has 0 aromatic rings. The summed E-state index contributed by atoms with van der Waals surface area (Å²) in [5.74, 6) is -0.0523. The van der Waals surface area contributed by atoms with Gasteiger partial charge < -0.3 is 15.0 Å². The van der Waals surface area contributed by atoms with Gasteiger partial charge in [0.25, 0.3) is 0 Å². The molecule has 1 N–H and O–H groups in total. The van der Waals surface area contributed by atoms with Gasteiger partial charge in [-0.15, -0.1) is 0 Å². The van der Waals surface area contributed by atoms with Crippen LogP contribution in [0, 0.1) is 0 Å². The molecule has 19 heavy (non-hydrogen) atoms. The number of amides is 2. The molecule has 1 fully saturated rings. The standard InChI is InChI=1S/C14H26N2O3/c1-5-9-19-10-8-16-11(4)12(17)15-14(6-2,7-3)13(16)18/h11H,5-10H2,1-4H3,(H,15,17). The number of hydrogen-bond donors (Lipinski definition) is 1. The number of piperazine rings is 1. The zero-order valence-corrected chi connectivity index (χ0v) is 12.5. The monoisotopic (exact) mass is 270 g/mol. The van der Waals surface area contributed by atoms with Crippen LogP contribution in [0.15, 0.2) is 0 Å². The summed E-state index contributed by atoms with van der Waals surface area (Å²) in [6.07, 6.45) is 2.19. The van der Waals surface area contributed by atoms with Gasteiger partial charge in [0.1, 0.15) is 11.6 Å². The van der Waals surface area contributed by atoms with Crippen molar-refractivity contribution >= 4 is 11.8 Å². The van der Waals surface area contributed by atoms with E-state index in [9.17, 15) is 9.59 Å². The maximum Gasteiger partial charge on any atom is 0.249 e. The van der Waals surface area contributed by atoms with Gasteiger partial charge >= 0.3 is 0 Å². The van der Waals surface area contributed by atoms with Gasteiger partial charge in [-0.3, -0.25) is 9.59 Å². The third kappa shape index (κ3) is 3.26. The highest BCUT2D eigenvalue weighted by atomic mass is 16.5. The first-order valence-corrected chi connectivity index (χ1v) is 7.23. The lowest BCUT2D eigenvalue weighted by atomic mass is 9.87. The highest BCUT2D eigenvalue weighted by molar-refractivity contribution is 5.99. The Morgan fingerprint density at radius 2 is 1.84 bits per heavy atom. The molecule has 1 unspecified atom stereocenters. The third-order valence-corrected chi connectivity index (χ3v) is 3.91. The molecule has 0 saturated carbocycles. The molecule has 1 atom stereocenters. The first-order chi connectivity index (χ1) is 9.02. The lowest BCUT2D eigenvalue weighted by Crippen LogP contribution is -2.69. The van der Waals surface area contributed by atoms with Crippen molar-refractivity contribution in [1.29, 1.82) is 0 Å². The van der Waals surface area contributed by atoms with E-state index in [1.54, 1.807) is 11.8 Å². The molecule has 5 nitrogen and oxygen atoms in total. The van der Waals surface area contributed by atoms with Gasteiger partial charge in [0.05, 0.1) is 6.61 Å². The van der Waals surface area contributed by atoms with E-state index in [0.717, 1.165) is 6.42 Å². The SMILES string of the molecule is CCCOCCN1C(=O)C(CC)(CC)NC(=O)C1C. The predicted octanol–water partition coefficient (Wildman–Crippen LogP) is 1.32. The Kier molecular flexibility index (Phi) is 5.79. The Morgan fingerprint density at radius 1 is 1.21 bits per heavy atom. The molecule has 0 aliphatic carbocycles. The number of ether oxygens (including phenoxy) is 1. The molecule has 1 aliphatic heterocycles. The fraction of sp³-hybridized carbons (Fsp3) is 0.857. The fourth-order valence-corrected chi connectivity index (χ4v) is 2.42. The molecule has 0 radical (unpaired) electrons. The number of nitrogens with one attached hydrogen (secondary N) is 1. The first-order valence-electron chi connectivity index (χ1n) is 7.23. The van der Waals surface area contributed by atoms with E-state index in [1.807, 2.05) is 20.8 Å². The van der Waals surface area contributed by atoms with Crippen LogP contribution in [-0.2, 0) is 14.3 Å². The van der Waals surface area contributed by atoms with Crippen LogP contribution in [0.25, 0.3) is 0 Å². The Morgan fingerprint density at radius 3 is 2.37 bits per heavy atom. The summed E-state index contributed by atoms with van der Waals surface area (Å²) in [5, 5.41) is 2.89. The van der Waals surface area contributed by atoms with Gasteiger partial charge in [-0.25, -0.2) is 0 Å². The van der Waals surface area contributed by atoms with Crippen LogP contribution >= 0.6 is 0 Å². The van der Waals surface area contributed by atoms with Gasteiger partial charge in [0.15, 0.2) is 0 Å². The normalized spacial score (nSPS) is 22.5. The number of rotatable bonds is 7. The molecule has 1 rings (SSSR count). The van der Waals surface area contributed by atoms with Crippen LogP contribution in [0.3, 0.4) is 0 Å². The zero-order valence-electron chi connectivity index (χ0n) is 12.5. The second-order valence-corrected chi connectivity index (χ2v) is 5.07. The molecule has 1 heterocycles. The van der Waals surface area contributed by atoms with Gasteiger partial charge in [0, 0.05) is 13.2 Å². The van der Waals surface area contributed by atoms with Crippen molar-refractivity contribution in [2.45, 2.75) is 58.5 Å². The van der Waals surface area contributed by atoms with Gasteiger partial charge in [-0.2, -0.15) is 0 Å². The molecule has 5 heteroatoms. The lowest BCUT2D eigenvalue weighted by molar-refractivity contribution is -0.155. The molecule has 1 saturated heterocycles. The number of carbonyl (C=O) groups excluding carboxylic acids is 2. The minimum atomic E-state index is -0.728. The van der Waals surface area contributed by atoms with E-state index in [1.165, 1.54) is 0 Å². The second-order valence-electron chi connectivity index (χ2n) is 5.07. The summed E-state index contributed by atoms with van der Waals surface area (Å²) in [5.41, 5.74) is -0.728. The largest absolute Gasteiger partial charge is 0.380 e. The molecule has 0 bridgehead atoms. The Balaban J connectivity index is 2.75. The molecular weight excluding hydrogens is 244 g/mol. The fourth-order valence-electron chi connectivity index (χ4n) is 2.42. The maximum atomic E-state index is 12.6. The molecular formula is C14H26N2O3. The average molecular weight is 270 g/mol. The van der Waals surface area contributed by atoms with E-state index in [2.05, 4.69) is 5.32 Å². The van der Waals surface area contributed by atoms with E-state index in [4.69, 9.17) is 4.74 Å². The summed E-state index contributed by atoms with van der Waals surface area (Å²) in [4.78, 5) is 26.3. The maximum absolute atomic E-state index is 12.6. The molecule has 110 valence electrons. The number of carbonyl (C=O) groups is 2. The average Bonchev–Trinajstić information content (AvgIpc) is 2.42. The van der Waals surface area contributed by atoms with Crippen LogP contribution in [0.4, 0.5) is 0 Å². The smallest absolute Gasteiger partial charge is 0.249 e. The van der Waals surface area contributed by atoms with Crippen LogP contribution in [-0.4, -0.2) is 48.1 Å². The molecule has 0 aromatic carbocycles. The summed E-state index contributed by atoms with van der Waals surface area (Å²) in [6.45, 7) is 9.33. The van der Waals surface area contributed by atoms with Gasteiger partial charge in [-0.05, 0) is 26.2 Å². The van der Waals surface area contributed by atoms with Crippen LogP contribution < -0.4 is 5.32 Å². The van der Waals surface area contributed by atoms with Crippen molar-refractivity contribution in [2.75, 3.05) is 19.8 Å². The Hall–Kier alpha value is -1.10. The van der Waals surface area contributed by atoms with Crippen molar-refractivity contribution in [3.05, 3.63) is 0 Å². The summed E-state index contributed by atoms with van der Waals surface area (Å²) in [6, 6.07) is -0.413. The summed E-state index contributed by atoms with van der Waals surface area (Å²) >= 11 is 0. The number of hydrogen-bond acceptors (Lipinski definition) is 3. The highest BCUT2D eigenvalue weighted by Gasteiger charge is 2.46. The number of nitrogens with zero attached hydrogens (tertiary/aromatic N) is 1. The van der Waals surface area contributed by atoms with Crippen molar-refractivity contribution in [1.82, 2.24) is 10.2 Å². The minimum absolute atomic E-state index is 0.0182. The van der Waals surface area contributed by atoms with Crippen molar-refractivity contribution in [3.63, 3.8) is 0 Å². The van der Waals surface area contributed by atoms with Crippen molar-refractivity contribution < 1.29 is 14.3 Å². The zero-order chi connectivity index (χ0) is 14.5. The van der Waals surface area contributed by atoms with E-state index < -0.39 is 11.6 Å². The molecule has 0 spiro atoms. The lowest BCUT2D eigenvalue weighted by Gasteiger charge is -2.44. The topological polar surface area (TPSA) is 58.6 Å². The van der Waals surface area contributed by atoms with Crippen molar-refractivity contribution in [2.24, 2.45) is 0 Å². The van der Waals surface area contributed by atoms with E-state index in [-0.39, 0.29) is 11.8 Å². The first kappa shape index (κ1) is 16.0. The van der Waals surface area contributed by atoms with Crippen molar-refractivity contribution in [3.8, 4) is 0 Å². The molecule has 2 amide bonds. The van der Waals surface area contributed by atoms with Gasteiger partial charge in [0.2, 0.25) is 11.8 Å². The summed E-state index contributed by atoms with van der Waals surface area (Å²) < 4.78 is 5.43. The Bertz CT molecular complexity index is 327. The summed E-state index contributed by atoms with van der Waals surface area (Å²) in [7, 11) is 0. The quantitative estimate of drug-likeness (QED) is 0.710. The Labute approximate surface area is 115 Å². The minimum Gasteiger partial charge on any atom is -0.380 e. The third-order valence-electron chi connectivity index (χ3n) is 3.91. The van der Waals surface area contributed by atoms with Crippen LogP contribution in [0.1, 0.15) is 47.0 Å². The molecule has 1 aliphatic rings. The second kappa shape index (κ2) is 6.89. The predicted molar refractivity (Wildman–Crippen MR) is 73.7 cm³/mol.